The van der Waals surface area contributed by atoms with E-state index in [0.717, 1.165) is 0 Å². The Morgan fingerprint density at radius 2 is 2.08 bits per heavy atom. The van der Waals surface area contributed by atoms with Gasteiger partial charge in [-0.3, -0.25) is 0 Å². The lowest BCUT2D eigenvalue weighted by molar-refractivity contribution is 0.172. The number of aliphatic hydroxyl groups excluding tert-OH is 1. The normalized spacial score (nSPS) is 15.5. The molecule has 13 heavy (non-hydrogen) atoms. The molecule has 1 nitrogen and oxygen atoms in total. The molecule has 1 N–H and O–H groups in total. The maximum absolute atomic E-state index is 13.1. The predicted octanol–water partition coefficient (Wildman–Crippen LogP) is 3.14. The number of aliphatic hydroxyl groups is 1. The van der Waals surface area contributed by atoms with Crippen molar-refractivity contribution in [1.29, 1.82) is 0 Å². The van der Waals surface area contributed by atoms with E-state index in [-0.39, 0.29) is 5.56 Å². The lowest BCUT2D eigenvalue weighted by Crippen LogP contribution is -2.10. The van der Waals surface area contributed by atoms with Gasteiger partial charge in [0, 0.05) is 10.6 Å². The molecule has 2 atom stereocenters. The molecule has 4 heteroatoms. The second-order valence-corrected chi connectivity index (χ2v) is 3.91. The predicted molar refractivity (Wildman–Crippen MR) is 51.7 cm³/mol. The van der Waals surface area contributed by atoms with Crippen LogP contribution in [-0.4, -0.2) is 10.5 Å². The van der Waals surface area contributed by atoms with Crippen LogP contribution in [-0.2, 0) is 0 Å². The highest BCUT2D eigenvalue weighted by atomic mass is 35.5. The smallest absolute Gasteiger partial charge is 0.129 e. The fourth-order valence-electron chi connectivity index (χ4n) is 0.989. The second-order valence-electron chi connectivity index (χ2n) is 2.79. The van der Waals surface area contributed by atoms with Crippen molar-refractivity contribution in [3.8, 4) is 0 Å². The van der Waals surface area contributed by atoms with E-state index in [2.05, 4.69) is 0 Å². The molecular formula is C9H9Cl2FO. The molecule has 1 aromatic carbocycles. The van der Waals surface area contributed by atoms with Crippen molar-refractivity contribution < 1.29 is 9.50 Å². The van der Waals surface area contributed by atoms with Gasteiger partial charge in [0.15, 0.2) is 0 Å². The first-order chi connectivity index (χ1) is 6.02. The average Bonchev–Trinajstić information content (AvgIpc) is 2.08. The van der Waals surface area contributed by atoms with E-state index in [1.165, 1.54) is 18.2 Å². The molecule has 0 saturated carbocycles. The van der Waals surface area contributed by atoms with Crippen molar-refractivity contribution in [2.24, 2.45) is 0 Å². The molecule has 0 saturated heterocycles. The SMILES string of the molecule is CC(Cl)C(O)c1cc(Cl)ccc1F. The van der Waals surface area contributed by atoms with Crippen LogP contribution < -0.4 is 0 Å². The molecule has 1 rings (SSSR count). The molecule has 1 aromatic rings. The first-order valence-electron chi connectivity index (χ1n) is 3.79. The lowest BCUT2D eigenvalue weighted by atomic mass is 10.1. The lowest BCUT2D eigenvalue weighted by Gasteiger charge is -2.13. The highest BCUT2D eigenvalue weighted by Crippen LogP contribution is 2.25. The Morgan fingerprint density at radius 1 is 1.46 bits per heavy atom. The largest absolute Gasteiger partial charge is 0.387 e. The van der Waals surface area contributed by atoms with Gasteiger partial charge < -0.3 is 5.11 Å². The highest BCUT2D eigenvalue weighted by Gasteiger charge is 2.17. The summed E-state index contributed by atoms with van der Waals surface area (Å²) in [5.74, 6) is -0.496. The molecule has 2 unspecified atom stereocenters. The summed E-state index contributed by atoms with van der Waals surface area (Å²) in [5.41, 5.74) is 0.134. The van der Waals surface area contributed by atoms with Crippen molar-refractivity contribution in [2.75, 3.05) is 0 Å². The zero-order valence-corrected chi connectivity index (χ0v) is 8.48. The Kier molecular flexibility index (Phi) is 3.54. The Labute approximate surface area is 86.1 Å². The third-order valence-corrected chi connectivity index (χ3v) is 2.19. The van der Waals surface area contributed by atoms with E-state index in [0.29, 0.717) is 5.02 Å². The molecule has 72 valence electrons. The Balaban J connectivity index is 3.05. The number of hydrogen-bond donors (Lipinski definition) is 1. The van der Waals surface area contributed by atoms with Gasteiger partial charge in [-0.2, -0.15) is 0 Å². The van der Waals surface area contributed by atoms with Gasteiger partial charge in [0.25, 0.3) is 0 Å². The third kappa shape index (κ3) is 2.56. The molecule has 0 aliphatic carbocycles. The molecule has 0 fully saturated rings. The molecule has 0 bridgehead atoms. The van der Waals surface area contributed by atoms with Gasteiger partial charge >= 0.3 is 0 Å². The molecule has 0 heterocycles. The van der Waals surface area contributed by atoms with Crippen LogP contribution >= 0.6 is 23.2 Å². The van der Waals surface area contributed by atoms with Gasteiger partial charge in [-0.25, -0.2) is 4.39 Å². The first-order valence-corrected chi connectivity index (χ1v) is 4.61. The van der Waals surface area contributed by atoms with Gasteiger partial charge in [0.1, 0.15) is 5.82 Å². The highest BCUT2D eigenvalue weighted by molar-refractivity contribution is 6.30. The molecule has 0 aromatic heterocycles. The summed E-state index contributed by atoms with van der Waals surface area (Å²) in [6, 6.07) is 4.01. The maximum atomic E-state index is 13.1. The zero-order chi connectivity index (χ0) is 10.0. The third-order valence-electron chi connectivity index (χ3n) is 1.71. The summed E-state index contributed by atoms with van der Waals surface area (Å²) < 4.78 is 13.1. The van der Waals surface area contributed by atoms with E-state index in [4.69, 9.17) is 23.2 Å². The standard InChI is InChI=1S/C9H9Cl2FO/c1-5(10)9(13)7-4-6(11)2-3-8(7)12/h2-5,9,13H,1H3. The summed E-state index contributed by atoms with van der Waals surface area (Å²) in [6.45, 7) is 1.59. The Bertz CT molecular complexity index is 302. The Morgan fingerprint density at radius 3 is 2.62 bits per heavy atom. The van der Waals surface area contributed by atoms with Crippen LogP contribution in [0.15, 0.2) is 18.2 Å². The Hall–Kier alpha value is -0.310. The van der Waals surface area contributed by atoms with E-state index in [9.17, 15) is 9.50 Å². The summed E-state index contributed by atoms with van der Waals surface area (Å²) in [6.07, 6.45) is -1.03. The average molecular weight is 223 g/mol. The van der Waals surface area contributed by atoms with Crippen LogP contribution in [0.5, 0.6) is 0 Å². The van der Waals surface area contributed by atoms with Crippen molar-refractivity contribution in [3.63, 3.8) is 0 Å². The van der Waals surface area contributed by atoms with Crippen LogP contribution in [0.1, 0.15) is 18.6 Å². The minimum atomic E-state index is -1.03. The van der Waals surface area contributed by atoms with Crippen molar-refractivity contribution in [1.82, 2.24) is 0 Å². The maximum Gasteiger partial charge on any atom is 0.129 e. The number of rotatable bonds is 2. The van der Waals surface area contributed by atoms with Gasteiger partial charge in [0.05, 0.1) is 11.5 Å². The molecule has 0 aliphatic heterocycles. The summed E-state index contributed by atoms with van der Waals surface area (Å²) in [4.78, 5) is 0. The van der Waals surface area contributed by atoms with Gasteiger partial charge in [-0.15, -0.1) is 11.6 Å². The first kappa shape index (κ1) is 10.8. The minimum Gasteiger partial charge on any atom is -0.387 e. The summed E-state index contributed by atoms with van der Waals surface area (Å²) in [7, 11) is 0. The molecule has 0 spiro atoms. The van der Waals surface area contributed by atoms with Crippen molar-refractivity contribution >= 4 is 23.2 Å². The number of halogens is 3. The van der Waals surface area contributed by atoms with Crippen LogP contribution in [0.4, 0.5) is 4.39 Å². The second kappa shape index (κ2) is 4.27. The summed E-state index contributed by atoms with van der Waals surface area (Å²) in [5, 5.41) is 9.31. The van der Waals surface area contributed by atoms with Crippen LogP contribution in [0, 0.1) is 5.82 Å². The molecule has 0 amide bonds. The van der Waals surface area contributed by atoms with Gasteiger partial charge in [-0.1, -0.05) is 11.6 Å². The number of hydrogen-bond acceptors (Lipinski definition) is 1. The van der Waals surface area contributed by atoms with E-state index >= 15 is 0 Å². The molecule has 0 radical (unpaired) electrons. The van der Waals surface area contributed by atoms with Crippen molar-refractivity contribution in [2.45, 2.75) is 18.4 Å². The van der Waals surface area contributed by atoms with E-state index in [1.54, 1.807) is 6.92 Å². The van der Waals surface area contributed by atoms with Crippen LogP contribution in [0.25, 0.3) is 0 Å². The fraction of sp³-hybridized carbons (Fsp3) is 0.333. The van der Waals surface area contributed by atoms with Gasteiger partial charge in [0.2, 0.25) is 0 Å². The molecular weight excluding hydrogens is 214 g/mol. The van der Waals surface area contributed by atoms with Crippen molar-refractivity contribution in [3.05, 3.63) is 34.6 Å². The van der Waals surface area contributed by atoms with E-state index in [1.807, 2.05) is 0 Å². The molecule has 0 aliphatic rings. The van der Waals surface area contributed by atoms with Crippen LogP contribution in [0.3, 0.4) is 0 Å². The van der Waals surface area contributed by atoms with Gasteiger partial charge in [-0.05, 0) is 25.1 Å². The topological polar surface area (TPSA) is 20.2 Å². The quantitative estimate of drug-likeness (QED) is 0.763. The fourth-order valence-corrected chi connectivity index (χ4v) is 1.30. The number of alkyl halides is 1. The summed E-state index contributed by atoms with van der Waals surface area (Å²) >= 11 is 11.3. The van der Waals surface area contributed by atoms with E-state index < -0.39 is 17.3 Å². The monoisotopic (exact) mass is 222 g/mol. The zero-order valence-electron chi connectivity index (χ0n) is 6.97. The number of benzene rings is 1. The minimum absolute atomic E-state index is 0.134. The van der Waals surface area contributed by atoms with Crippen LogP contribution in [0.2, 0.25) is 5.02 Å².